The van der Waals surface area contributed by atoms with E-state index in [1.807, 2.05) is 11.8 Å². The van der Waals surface area contributed by atoms with Gasteiger partial charge in [-0.25, -0.2) is 9.78 Å². The van der Waals surface area contributed by atoms with Crippen molar-refractivity contribution in [1.29, 1.82) is 0 Å². The number of likely N-dealkylation sites (tertiary alicyclic amines) is 1. The van der Waals surface area contributed by atoms with Crippen LogP contribution in [0.3, 0.4) is 0 Å². The molecule has 0 aliphatic carbocycles. The molecule has 0 saturated carbocycles. The highest BCUT2D eigenvalue weighted by molar-refractivity contribution is 7.09. The van der Waals surface area contributed by atoms with Crippen molar-refractivity contribution in [2.75, 3.05) is 19.6 Å². The van der Waals surface area contributed by atoms with Gasteiger partial charge >= 0.3 is 6.03 Å². The quantitative estimate of drug-likeness (QED) is 0.826. The van der Waals surface area contributed by atoms with Crippen LogP contribution in [0.2, 0.25) is 0 Å². The van der Waals surface area contributed by atoms with Crippen molar-refractivity contribution in [1.82, 2.24) is 20.5 Å². The number of hydrogen-bond donors (Lipinski definition) is 2. The average Bonchev–Trinajstić information content (AvgIpc) is 3.03. The number of aromatic nitrogens is 1. The molecule has 1 atom stereocenters. The lowest BCUT2D eigenvalue weighted by Crippen LogP contribution is -2.46. The first-order valence-corrected chi connectivity index (χ1v) is 9.61. The van der Waals surface area contributed by atoms with Crippen LogP contribution in [-0.4, -0.2) is 47.5 Å². The number of nitrogens with one attached hydrogen (secondary N) is 2. The fourth-order valence-electron chi connectivity index (χ4n) is 2.73. The topological polar surface area (TPSA) is 74.3 Å². The van der Waals surface area contributed by atoms with Gasteiger partial charge in [0.1, 0.15) is 0 Å². The molecule has 1 aromatic rings. The summed E-state index contributed by atoms with van der Waals surface area (Å²) in [6.07, 6.45) is 3.65. The number of amides is 3. The van der Waals surface area contributed by atoms with E-state index in [0.29, 0.717) is 12.5 Å². The second kappa shape index (κ2) is 9.01. The first kappa shape index (κ1) is 18.7. The molecule has 1 saturated heterocycles. The van der Waals surface area contributed by atoms with Crippen molar-refractivity contribution in [3.63, 3.8) is 0 Å². The maximum Gasteiger partial charge on any atom is 0.317 e. The lowest BCUT2D eigenvalue weighted by atomic mass is 9.98. The molecule has 6 nitrogen and oxygen atoms in total. The molecule has 1 unspecified atom stereocenters. The zero-order valence-electron chi connectivity index (χ0n) is 14.8. The van der Waals surface area contributed by atoms with Gasteiger partial charge in [-0.15, -0.1) is 11.3 Å². The minimum Gasteiger partial charge on any atom is -0.356 e. The van der Waals surface area contributed by atoms with E-state index in [2.05, 4.69) is 22.9 Å². The van der Waals surface area contributed by atoms with Gasteiger partial charge < -0.3 is 15.5 Å². The monoisotopic (exact) mass is 352 g/mol. The molecule has 1 aliphatic heterocycles. The van der Waals surface area contributed by atoms with Crippen molar-refractivity contribution in [3.8, 4) is 0 Å². The van der Waals surface area contributed by atoms with Gasteiger partial charge in [0.2, 0.25) is 5.91 Å². The molecule has 2 rings (SSSR count). The molecular formula is C17H28N4O2S. The summed E-state index contributed by atoms with van der Waals surface area (Å²) < 4.78 is 0. The van der Waals surface area contributed by atoms with Gasteiger partial charge in [0.05, 0.1) is 10.7 Å². The molecule has 1 fully saturated rings. The highest BCUT2D eigenvalue weighted by atomic mass is 32.1. The summed E-state index contributed by atoms with van der Waals surface area (Å²) in [5.41, 5.74) is 1.04. The predicted octanol–water partition coefficient (Wildman–Crippen LogP) is 2.51. The number of urea groups is 1. The van der Waals surface area contributed by atoms with Crippen LogP contribution >= 0.6 is 11.3 Å². The van der Waals surface area contributed by atoms with Crippen LogP contribution in [0.5, 0.6) is 0 Å². The molecular weight excluding hydrogens is 324 g/mol. The Hall–Kier alpha value is -1.63. The highest BCUT2D eigenvalue weighted by Gasteiger charge is 2.26. The molecule has 134 valence electrons. The van der Waals surface area contributed by atoms with E-state index in [1.165, 1.54) is 6.92 Å². The third-order valence-electron chi connectivity index (χ3n) is 4.44. The number of hydrogen-bond acceptors (Lipinski definition) is 4. The van der Waals surface area contributed by atoms with Crippen molar-refractivity contribution >= 4 is 23.3 Å². The van der Waals surface area contributed by atoms with Crippen LogP contribution in [0.25, 0.3) is 0 Å². The number of thiazole rings is 1. The summed E-state index contributed by atoms with van der Waals surface area (Å²) in [5.74, 6) is 0.436. The minimum atomic E-state index is -0.00603. The summed E-state index contributed by atoms with van der Waals surface area (Å²) in [6.45, 7) is 7.83. The van der Waals surface area contributed by atoms with E-state index < -0.39 is 0 Å². The van der Waals surface area contributed by atoms with E-state index in [-0.39, 0.29) is 18.0 Å². The zero-order valence-corrected chi connectivity index (χ0v) is 15.6. The Kier molecular flexibility index (Phi) is 7.02. The zero-order chi connectivity index (χ0) is 17.5. The molecule has 7 heteroatoms. The van der Waals surface area contributed by atoms with Crippen molar-refractivity contribution in [2.24, 2.45) is 0 Å². The second-order valence-corrected chi connectivity index (χ2v) is 7.32. The van der Waals surface area contributed by atoms with Crippen LogP contribution in [0.1, 0.15) is 56.7 Å². The Bertz CT molecular complexity index is 553. The van der Waals surface area contributed by atoms with E-state index in [0.717, 1.165) is 49.5 Å². The Balaban J connectivity index is 1.79. The lowest BCUT2D eigenvalue weighted by molar-refractivity contribution is -0.118. The Morgan fingerprint density at radius 1 is 1.42 bits per heavy atom. The molecule has 0 aromatic carbocycles. The average molecular weight is 353 g/mol. The summed E-state index contributed by atoms with van der Waals surface area (Å²) >= 11 is 1.70. The third-order valence-corrected chi connectivity index (χ3v) is 5.49. The van der Waals surface area contributed by atoms with E-state index >= 15 is 0 Å². The molecule has 2 N–H and O–H groups in total. The largest absolute Gasteiger partial charge is 0.356 e. The molecule has 2 heterocycles. The second-order valence-electron chi connectivity index (χ2n) is 6.43. The number of carbonyl (C=O) groups is 2. The van der Waals surface area contributed by atoms with Crippen molar-refractivity contribution in [3.05, 3.63) is 16.1 Å². The van der Waals surface area contributed by atoms with E-state index in [9.17, 15) is 9.59 Å². The summed E-state index contributed by atoms with van der Waals surface area (Å²) in [7, 11) is 0. The van der Waals surface area contributed by atoms with Gasteiger partial charge in [0.25, 0.3) is 0 Å². The highest BCUT2D eigenvalue weighted by Crippen LogP contribution is 2.30. The standard InChI is InChI=1S/C17H28N4O2S/c1-4-12(2)19-17(23)21-9-6-14(7-10-21)16-20-15(11-24-16)5-8-18-13(3)22/h11-12,14H,4-10H2,1-3H3,(H,18,22)(H,19,23). The van der Waals surface area contributed by atoms with Gasteiger partial charge in [0, 0.05) is 50.3 Å². The van der Waals surface area contributed by atoms with Gasteiger partial charge in [0.15, 0.2) is 0 Å². The fourth-order valence-corrected chi connectivity index (χ4v) is 3.75. The Morgan fingerprint density at radius 2 is 2.12 bits per heavy atom. The summed E-state index contributed by atoms with van der Waals surface area (Å²) in [6, 6.07) is 0.276. The van der Waals surface area contributed by atoms with Crippen LogP contribution < -0.4 is 10.6 Å². The van der Waals surface area contributed by atoms with Crippen LogP contribution in [0.15, 0.2) is 5.38 Å². The van der Waals surface area contributed by atoms with Crippen molar-refractivity contribution < 1.29 is 9.59 Å². The smallest absolute Gasteiger partial charge is 0.317 e. The van der Waals surface area contributed by atoms with Gasteiger partial charge in [-0.1, -0.05) is 6.92 Å². The molecule has 0 spiro atoms. The third kappa shape index (κ3) is 5.47. The van der Waals surface area contributed by atoms with Gasteiger partial charge in [-0.2, -0.15) is 0 Å². The van der Waals surface area contributed by atoms with Gasteiger partial charge in [-0.3, -0.25) is 4.79 Å². The summed E-state index contributed by atoms with van der Waals surface area (Å²) in [5, 5.41) is 9.07. The number of rotatable bonds is 6. The normalized spacial score (nSPS) is 16.7. The first-order valence-electron chi connectivity index (χ1n) is 8.73. The molecule has 0 bridgehead atoms. The Morgan fingerprint density at radius 3 is 2.75 bits per heavy atom. The minimum absolute atomic E-state index is 0.00603. The maximum atomic E-state index is 12.2. The van der Waals surface area contributed by atoms with Crippen molar-refractivity contribution in [2.45, 2.75) is 58.4 Å². The molecule has 24 heavy (non-hydrogen) atoms. The number of carbonyl (C=O) groups excluding carboxylic acids is 2. The molecule has 1 aliphatic rings. The summed E-state index contributed by atoms with van der Waals surface area (Å²) in [4.78, 5) is 29.7. The van der Waals surface area contributed by atoms with Crippen LogP contribution in [0.4, 0.5) is 4.79 Å². The van der Waals surface area contributed by atoms with E-state index in [1.54, 1.807) is 11.3 Å². The molecule has 3 amide bonds. The SMILES string of the molecule is CCC(C)NC(=O)N1CCC(c2nc(CCNC(C)=O)cs2)CC1. The molecule has 1 aromatic heterocycles. The maximum absolute atomic E-state index is 12.2. The van der Waals surface area contributed by atoms with Crippen LogP contribution in [0, 0.1) is 0 Å². The predicted molar refractivity (Wildman–Crippen MR) is 96.3 cm³/mol. The van der Waals surface area contributed by atoms with Crippen LogP contribution in [-0.2, 0) is 11.2 Å². The molecule has 0 radical (unpaired) electrons. The number of nitrogens with zero attached hydrogens (tertiary/aromatic N) is 2. The lowest BCUT2D eigenvalue weighted by Gasteiger charge is -2.32. The Labute approximate surface area is 148 Å². The van der Waals surface area contributed by atoms with E-state index in [4.69, 9.17) is 4.98 Å². The number of piperidine rings is 1. The first-order chi connectivity index (χ1) is 11.5. The van der Waals surface area contributed by atoms with Gasteiger partial charge in [-0.05, 0) is 26.2 Å². The fraction of sp³-hybridized carbons (Fsp3) is 0.706.